The molecule has 94 valence electrons. The van der Waals surface area contributed by atoms with E-state index in [9.17, 15) is 4.79 Å². The highest BCUT2D eigenvalue weighted by Crippen LogP contribution is 2.31. The molecule has 0 saturated carbocycles. The zero-order valence-corrected chi connectivity index (χ0v) is 10.6. The first-order valence-corrected chi connectivity index (χ1v) is 5.65. The van der Waals surface area contributed by atoms with Crippen molar-refractivity contribution in [3.8, 4) is 5.75 Å². The van der Waals surface area contributed by atoms with Gasteiger partial charge in [0.1, 0.15) is 5.75 Å². The van der Waals surface area contributed by atoms with Gasteiger partial charge in [-0.3, -0.25) is 4.79 Å². The van der Waals surface area contributed by atoms with Crippen molar-refractivity contribution >= 4 is 17.6 Å². The Bertz CT molecular complexity index is 420. The highest BCUT2D eigenvalue weighted by atomic mass is 35.5. The van der Waals surface area contributed by atoms with E-state index in [-0.39, 0.29) is 12.5 Å². The number of nitrogens with two attached hydrogens (primary N) is 1. The van der Waals surface area contributed by atoms with Gasteiger partial charge in [-0.1, -0.05) is 11.6 Å². The molecule has 5 heteroatoms. The highest BCUT2D eigenvalue weighted by Gasteiger charge is 2.14. The number of rotatable bonds is 5. The van der Waals surface area contributed by atoms with Crippen LogP contribution < -0.4 is 10.5 Å². The number of ether oxygens (including phenoxy) is 1. The van der Waals surface area contributed by atoms with Gasteiger partial charge in [0.15, 0.2) is 0 Å². The van der Waals surface area contributed by atoms with E-state index in [1.165, 1.54) is 0 Å². The quantitative estimate of drug-likeness (QED) is 0.850. The van der Waals surface area contributed by atoms with Crippen LogP contribution in [-0.2, 0) is 4.79 Å². The van der Waals surface area contributed by atoms with Crippen LogP contribution in [0.5, 0.6) is 5.75 Å². The Hall–Kier alpha value is -1.26. The minimum atomic E-state index is -0.855. The van der Waals surface area contributed by atoms with Crippen LogP contribution in [0.2, 0.25) is 5.02 Å². The molecule has 0 bridgehead atoms. The van der Waals surface area contributed by atoms with Crippen molar-refractivity contribution in [1.82, 2.24) is 0 Å². The lowest BCUT2D eigenvalue weighted by atomic mass is 9.97. The second kappa shape index (κ2) is 5.89. The van der Waals surface area contributed by atoms with E-state index < -0.39 is 5.97 Å². The van der Waals surface area contributed by atoms with Crippen molar-refractivity contribution in [2.45, 2.75) is 25.8 Å². The van der Waals surface area contributed by atoms with Gasteiger partial charge in [-0.05, 0) is 36.6 Å². The van der Waals surface area contributed by atoms with Crippen LogP contribution in [-0.4, -0.2) is 18.2 Å². The monoisotopic (exact) mass is 257 g/mol. The third-order valence-corrected chi connectivity index (χ3v) is 2.87. The average molecular weight is 258 g/mol. The second-order valence-electron chi connectivity index (χ2n) is 3.86. The fraction of sp³-hybridized carbons (Fsp3) is 0.417. The summed E-state index contributed by atoms with van der Waals surface area (Å²) >= 11 is 5.96. The maximum atomic E-state index is 10.5. The molecule has 0 saturated heterocycles. The molecule has 1 aromatic rings. The third-order valence-electron chi connectivity index (χ3n) is 2.65. The summed E-state index contributed by atoms with van der Waals surface area (Å²) in [7, 11) is 1.56. The Balaban J connectivity index is 2.96. The number of carboxylic acids is 1. The molecule has 1 rings (SSSR count). The number of carboxylic acid groups (broad SMARTS) is 1. The number of benzene rings is 1. The van der Waals surface area contributed by atoms with Crippen molar-refractivity contribution < 1.29 is 14.6 Å². The van der Waals surface area contributed by atoms with Gasteiger partial charge in [0.2, 0.25) is 0 Å². The molecule has 0 heterocycles. The number of hydrogen-bond acceptors (Lipinski definition) is 3. The van der Waals surface area contributed by atoms with Crippen LogP contribution in [0.15, 0.2) is 12.1 Å². The maximum absolute atomic E-state index is 10.5. The summed E-state index contributed by atoms with van der Waals surface area (Å²) in [5.74, 6) is -0.189. The Labute approximate surface area is 105 Å². The fourth-order valence-electron chi connectivity index (χ4n) is 1.71. The smallest absolute Gasteiger partial charge is 0.303 e. The van der Waals surface area contributed by atoms with E-state index in [4.69, 9.17) is 27.2 Å². The SMILES string of the molecule is COc1cc(Cl)cc(C(N)CCC(=O)O)c1C. The minimum Gasteiger partial charge on any atom is -0.496 e. The van der Waals surface area contributed by atoms with Crippen molar-refractivity contribution in [1.29, 1.82) is 0 Å². The lowest BCUT2D eigenvalue weighted by Gasteiger charge is -2.16. The summed E-state index contributed by atoms with van der Waals surface area (Å²) in [4.78, 5) is 10.5. The minimum absolute atomic E-state index is 0.0371. The van der Waals surface area contributed by atoms with Crippen molar-refractivity contribution in [3.63, 3.8) is 0 Å². The van der Waals surface area contributed by atoms with Crippen LogP contribution in [0.4, 0.5) is 0 Å². The molecule has 3 N–H and O–H groups in total. The molecular weight excluding hydrogens is 242 g/mol. The van der Waals surface area contributed by atoms with Crippen molar-refractivity contribution in [3.05, 3.63) is 28.3 Å². The van der Waals surface area contributed by atoms with Crippen LogP contribution in [0.25, 0.3) is 0 Å². The molecule has 1 atom stereocenters. The normalized spacial score (nSPS) is 12.2. The number of aliphatic carboxylic acids is 1. The van der Waals surface area contributed by atoms with E-state index in [1.54, 1.807) is 19.2 Å². The summed E-state index contributed by atoms with van der Waals surface area (Å²) in [5, 5.41) is 9.16. The summed E-state index contributed by atoms with van der Waals surface area (Å²) in [6.45, 7) is 1.88. The first kappa shape index (κ1) is 13.8. The first-order chi connectivity index (χ1) is 7.95. The highest BCUT2D eigenvalue weighted by molar-refractivity contribution is 6.30. The van der Waals surface area contributed by atoms with Crippen LogP contribution in [0.3, 0.4) is 0 Å². The van der Waals surface area contributed by atoms with Crippen LogP contribution in [0, 0.1) is 6.92 Å². The standard InChI is InChI=1S/C12H16ClNO3/c1-7-9(10(14)3-4-12(15)16)5-8(13)6-11(7)17-2/h5-6,10H,3-4,14H2,1-2H3,(H,15,16). The molecule has 0 aliphatic rings. The molecule has 4 nitrogen and oxygen atoms in total. The molecule has 0 aliphatic carbocycles. The molecular formula is C12H16ClNO3. The summed E-state index contributed by atoms with van der Waals surface area (Å²) in [6.07, 6.45) is 0.412. The Morgan fingerprint density at radius 3 is 2.76 bits per heavy atom. The van der Waals surface area contributed by atoms with Gasteiger partial charge < -0.3 is 15.6 Å². The molecule has 0 fully saturated rings. The molecule has 0 spiro atoms. The number of methoxy groups -OCH3 is 1. The maximum Gasteiger partial charge on any atom is 0.303 e. The van der Waals surface area contributed by atoms with Crippen LogP contribution in [0.1, 0.15) is 30.0 Å². The average Bonchev–Trinajstić information content (AvgIpc) is 2.28. The van der Waals surface area contributed by atoms with Gasteiger partial charge in [0.05, 0.1) is 7.11 Å². The van der Waals surface area contributed by atoms with E-state index in [0.717, 1.165) is 11.1 Å². The molecule has 17 heavy (non-hydrogen) atoms. The number of carbonyl (C=O) groups is 1. The predicted molar refractivity (Wildman–Crippen MR) is 66.5 cm³/mol. The number of hydrogen-bond donors (Lipinski definition) is 2. The molecule has 1 unspecified atom stereocenters. The van der Waals surface area contributed by atoms with Crippen molar-refractivity contribution in [2.24, 2.45) is 5.73 Å². The van der Waals surface area contributed by atoms with Crippen LogP contribution >= 0.6 is 11.6 Å². The topological polar surface area (TPSA) is 72.5 Å². The van der Waals surface area contributed by atoms with Gasteiger partial charge in [-0.25, -0.2) is 0 Å². The molecule has 0 aromatic heterocycles. The molecule has 1 aromatic carbocycles. The lowest BCUT2D eigenvalue weighted by molar-refractivity contribution is -0.137. The predicted octanol–water partition coefficient (Wildman–Crippen LogP) is 2.52. The fourth-order valence-corrected chi connectivity index (χ4v) is 1.92. The van der Waals surface area contributed by atoms with E-state index in [2.05, 4.69) is 0 Å². The molecule has 0 radical (unpaired) electrons. The Kier molecular flexibility index (Phi) is 4.78. The first-order valence-electron chi connectivity index (χ1n) is 5.27. The largest absolute Gasteiger partial charge is 0.496 e. The van der Waals surface area contributed by atoms with E-state index in [1.807, 2.05) is 6.92 Å². The van der Waals surface area contributed by atoms with Gasteiger partial charge in [0, 0.05) is 17.5 Å². The third kappa shape index (κ3) is 3.61. The zero-order valence-electron chi connectivity index (χ0n) is 9.87. The van der Waals surface area contributed by atoms with E-state index in [0.29, 0.717) is 17.2 Å². The zero-order chi connectivity index (χ0) is 13.0. The summed E-state index contributed by atoms with van der Waals surface area (Å²) < 4.78 is 5.19. The van der Waals surface area contributed by atoms with Gasteiger partial charge in [-0.2, -0.15) is 0 Å². The Morgan fingerprint density at radius 1 is 1.59 bits per heavy atom. The van der Waals surface area contributed by atoms with Gasteiger partial charge >= 0.3 is 5.97 Å². The summed E-state index contributed by atoms with van der Waals surface area (Å²) in [5.41, 5.74) is 7.69. The number of halogens is 1. The second-order valence-corrected chi connectivity index (χ2v) is 4.30. The van der Waals surface area contributed by atoms with Gasteiger partial charge in [0.25, 0.3) is 0 Å². The van der Waals surface area contributed by atoms with Gasteiger partial charge in [-0.15, -0.1) is 0 Å². The van der Waals surface area contributed by atoms with Crippen molar-refractivity contribution in [2.75, 3.05) is 7.11 Å². The lowest BCUT2D eigenvalue weighted by Crippen LogP contribution is -2.14. The summed E-state index contributed by atoms with van der Waals surface area (Å²) in [6, 6.07) is 3.12. The van der Waals surface area contributed by atoms with E-state index >= 15 is 0 Å². The molecule has 0 aliphatic heterocycles. The molecule has 0 amide bonds. The Morgan fingerprint density at radius 2 is 2.24 bits per heavy atom.